The average Bonchev–Trinajstić information content (AvgIpc) is 3.58. The monoisotopic (exact) mass is 847 g/mol. The molecular formula is C44H58ClN7O6S. The third kappa shape index (κ3) is 9.67. The number of halogens is 1. The van der Waals surface area contributed by atoms with Gasteiger partial charge in [0.15, 0.2) is 5.82 Å². The van der Waals surface area contributed by atoms with E-state index in [2.05, 4.69) is 53.2 Å². The molecule has 8 rings (SSSR count). The quantitative estimate of drug-likeness (QED) is 0.308. The largest absolute Gasteiger partial charge is 0.491 e. The van der Waals surface area contributed by atoms with Gasteiger partial charge in [0.25, 0.3) is 11.8 Å². The summed E-state index contributed by atoms with van der Waals surface area (Å²) in [6.07, 6.45) is 12.0. The summed E-state index contributed by atoms with van der Waals surface area (Å²) in [5, 5.41) is 5.40. The summed E-state index contributed by atoms with van der Waals surface area (Å²) in [7, 11) is -0.0853. The first-order valence-corrected chi connectivity index (χ1v) is 23.3. The smallest absolute Gasteiger partial charge is 0.286 e. The van der Waals surface area contributed by atoms with Gasteiger partial charge in [0, 0.05) is 70.2 Å². The molecule has 3 aromatic rings. The highest BCUT2D eigenvalue weighted by Gasteiger charge is 2.38. The van der Waals surface area contributed by atoms with Gasteiger partial charge in [-0.05, 0) is 104 Å². The number of hydrogen-bond acceptors (Lipinski definition) is 10. The van der Waals surface area contributed by atoms with Crippen LogP contribution in [0.4, 0.5) is 11.5 Å². The Labute approximate surface area is 353 Å². The molecule has 3 fully saturated rings. The number of aryl methyl sites for hydroxylation is 2. The molecule has 318 valence electrons. The summed E-state index contributed by atoms with van der Waals surface area (Å²) >= 11 is 6.46. The second-order valence-corrected chi connectivity index (χ2v) is 19.4. The number of carbonyl (C=O) groups is 2. The maximum absolute atomic E-state index is 15.0. The first-order valence-electron chi connectivity index (χ1n) is 21.3. The van der Waals surface area contributed by atoms with Crippen LogP contribution in [0.1, 0.15) is 70.9 Å². The Bertz CT molecular complexity index is 2160. The molecule has 5 heterocycles. The Morgan fingerprint density at radius 1 is 1.00 bits per heavy atom. The van der Waals surface area contributed by atoms with Gasteiger partial charge in [-0.3, -0.25) is 23.9 Å². The molecule has 1 N–H and O–H groups in total. The van der Waals surface area contributed by atoms with Crippen LogP contribution in [0.15, 0.2) is 59.1 Å². The highest BCUT2D eigenvalue weighted by molar-refractivity contribution is 7.92. The second kappa shape index (κ2) is 18.3. The lowest BCUT2D eigenvalue weighted by Gasteiger charge is -2.43. The zero-order valence-electron chi connectivity index (χ0n) is 34.5. The topological polar surface area (TPSA) is 131 Å². The van der Waals surface area contributed by atoms with Gasteiger partial charge in [0.1, 0.15) is 21.2 Å². The lowest BCUT2D eigenvalue weighted by atomic mass is 9.70. The van der Waals surface area contributed by atoms with Gasteiger partial charge in [-0.25, -0.2) is 4.21 Å². The fourth-order valence-electron chi connectivity index (χ4n) is 9.18. The number of amides is 2. The molecule has 2 aromatic carbocycles. The standard InChI is InChI=1S/C44H58ClN7O6S/c1-30-7-6-9-40(56-3)37-14-11-34(37)25-52-17-16-31-10-13-35(45)23-32(31)8-4-5-22-58-41-15-12-33(24-39(41)52)43(53)47-59(55,29-30)48-44(54)38-26-49(2)46-42(38)51-20-18-50(19-21-51)36-27-57-28-36/h6,9-10,12-13,15,23-24,26,30,34,36-37,40H,4-5,7-8,11,14,16-22,25,27-29H2,1-3H3,(H,47,48,53,54,55)/b9-6+/t30-,34-,37+,40-,59?/m0/s1. The third-order valence-corrected chi connectivity index (χ3v) is 15.0. The molecule has 2 amide bonds. The van der Waals surface area contributed by atoms with Gasteiger partial charge < -0.3 is 24.0 Å². The number of fused-ring (bicyclic) bond motifs is 3. The van der Waals surface area contributed by atoms with Crippen molar-refractivity contribution < 1.29 is 28.0 Å². The molecule has 1 aliphatic carbocycles. The minimum absolute atomic E-state index is 0.0140. The number of piperazine rings is 1. The summed E-state index contributed by atoms with van der Waals surface area (Å²) in [4.78, 5) is 35.4. The molecular weight excluding hydrogens is 790 g/mol. The van der Waals surface area contributed by atoms with Crippen molar-refractivity contribution in [3.05, 3.63) is 82.0 Å². The molecule has 5 atom stereocenters. The summed E-state index contributed by atoms with van der Waals surface area (Å²) in [5.41, 5.74) is 3.91. The highest BCUT2D eigenvalue weighted by atomic mass is 35.5. The summed E-state index contributed by atoms with van der Waals surface area (Å²) in [6, 6.07) is 12.0. The minimum Gasteiger partial charge on any atom is -0.491 e. The molecule has 5 aliphatic rings. The van der Waals surface area contributed by atoms with Crippen LogP contribution in [0.2, 0.25) is 5.02 Å². The number of nitrogens with one attached hydrogen (secondary N) is 1. The van der Waals surface area contributed by atoms with Gasteiger partial charge in [-0.1, -0.05) is 36.7 Å². The molecule has 4 aliphatic heterocycles. The van der Waals surface area contributed by atoms with E-state index < -0.39 is 21.7 Å². The Kier molecular flexibility index (Phi) is 13.0. The molecule has 0 spiro atoms. The van der Waals surface area contributed by atoms with E-state index >= 15 is 4.21 Å². The average molecular weight is 849 g/mol. The summed E-state index contributed by atoms with van der Waals surface area (Å²) in [5.74, 6) is 0.512. The molecule has 2 saturated heterocycles. The maximum Gasteiger partial charge on any atom is 0.286 e. The first kappa shape index (κ1) is 41.8. The van der Waals surface area contributed by atoms with E-state index in [9.17, 15) is 9.59 Å². The van der Waals surface area contributed by atoms with Gasteiger partial charge in [0.2, 0.25) is 0 Å². The fraction of sp³-hybridized carbons (Fsp3) is 0.568. The van der Waals surface area contributed by atoms with Crippen LogP contribution in [0, 0.1) is 17.8 Å². The number of aromatic nitrogens is 2. The Hall–Kier alpha value is -3.95. The normalized spacial score (nSPS) is 28.0. The van der Waals surface area contributed by atoms with Crippen molar-refractivity contribution in [3.8, 4) is 5.75 Å². The van der Waals surface area contributed by atoms with Crippen molar-refractivity contribution >= 4 is 44.8 Å². The number of methoxy groups -OCH3 is 1. The number of carbonyl (C=O) groups excluding carboxylic acids is 2. The van der Waals surface area contributed by atoms with Crippen molar-refractivity contribution in [3.63, 3.8) is 0 Å². The van der Waals surface area contributed by atoms with Gasteiger partial charge in [-0.2, -0.15) is 5.10 Å². The Morgan fingerprint density at radius 3 is 2.58 bits per heavy atom. The van der Waals surface area contributed by atoms with Crippen LogP contribution in [0.25, 0.3) is 0 Å². The van der Waals surface area contributed by atoms with Crippen LogP contribution in [-0.4, -0.2) is 115 Å². The highest BCUT2D eigenvalue weighted by Crippen LogP contribution is 2.41. The second-order valence-electron chi connectivity index (χ2n) is 17.0. The van der Waals surface area contributed by atoms with Crippen molar-refractivity contribution in [1.82, 2.24) is 19.4 Å². The predicted octanol–water partition coefficient (Wildman–Crippen LogP) is 5.95. The van der Waals surface area contributed by atoms with Crippen LogP contribution < -0.4 is 19.3 Å². The molecule has 15 heteroatoms. The zero-order chi connectivity index (χ0) is 41.1. The van der Waals surface area contributed by atoms with E-state index in [1.807, 2.05) is 25.1 Å². The van der Waals surface area contributed by atoms with E-state index in [1.54, 1.807) is 31.1 Å². The lowest BCUT2D eigenvalue weighted by Crippen LogP contribution is -2.56. The van der Waals surface area contributed by atoms with Crippen molar-refractivity contribution in [2.24, 2.45) is 29.2 Å². The number of nitrogens with zero attached hydrogens (tertiary/aromatic N) is 6. The Balaban J connectivity index is 1.13. The fourth-order valence-corrected chi connectivity index (χ4v) is 11.3. The molecule has 1 saturated carbocycles. The van der Waals surface area contributed by atoms with E-state index in [1.165, 1.54) is 11.1 Å². The van der Waals surface area contributed by atoms with E-state index in [0.29, 0.717) is 67.7 Å². The number of hydrogen-bond donors (Lipinski definition) is 1. The molecule has 13 nitrogen and oxygen atoms in total. The number of allylic oxidation sites excluding steroid dienone is 1. The number of anilines is 2. The zero-order valence-corrected chi connectivity index (χ0v) is 36.1. The van der Waals surface area contributed by atoms with Crippen LogP contribution in [-0.2, 0) is 39.3 Å². The van der Waals surface area contributed by atoms with Gasteiger partial charge >= 0.3 is 0 Å². The van der Waals surface area contributed by atoms with Crippen molar-refractivity contribution in [1.29, 1.82) is 0 Å². The first-order chi connectivity index (χ1) is 28.6. The summed E-state index contributed by atoms with van der Waals surface area (Å²) < 4.78 is 41.7. The van der Waals surface area contributed by atoms with Gasteiger partial charge in [0.05, 0.1) is 43.4 Å². The Morgan fingerprint density at radius 2 is 1.83 bits per heavy atom. The third-order valence-electron chi connectivity index (χ3n) is 12.8. The van der Waals surface area contributed by atoms with E-state index in [4.69, 9.17) is 25.8 Å². The van der Waals surface area contributed by atoms with E-state index in [0.717, 1.165) is 82.1 Å². The lowest BCUT2D eigenvalue weighted by molar-refractivity contribution is -0.0661. The van der Waals surface area contributed by atoms with Crippen LogP contribution >= 0.6 is 11.6 Å². The molecule has 2 bridgehead atoms. The van der Waals surface area contributed by atoms with Crippen LogP contribution in [0.3, 0.4) is 0 Å². The minimum atomic E-state index is -3.62. The predicted molar refractivity (Wildman–Crippen MR) is 231 cm³/mol. The molecule has 59 heavy (non-hydrogen) atoms. The van der Waals surface area contributed by atoms with Crippen molar-refractivity contribution in [2.75, 3.05) is 81.8 Å². The summed E-state index contributed by atoms with van der Waals surface area (Å²) in [6.45, 7) is 8.48. The van der Waals surface area contributed by atoms with E-state index in [-0.39, 0.29) is 23.3 Å². The van der Waals surface area contributed by atoms with Crippen LogP contribution in [0.5, 0.6) is 5.75 Å². The van der Waals surface area contributed by atoms with Crippen molar-refractivity contribution in [2.45, 2.75) is 64.0 Å². The van der Waals surface area contributed by atoms with Gasteiger partial charge in [-0.15, -0.1) is 4.36 Å². The SMILES string of the molecule is CO[C@H]1/C=C/C[C@H](C)CS(=O)(NC(=O)c2cn(C)nc2N2CCN(C3COC3)CC2)=NC(=O)c2ccc3c(c2)N(CCc2ccc(Cl)cc2CCCCO3)C[C@@H]2CC[C@H]21. The number of benzene rings is 2. The molecule has 0 radical (unpaired) electrons. The molecule has 1 unspecified atom stereocenters. The maximum atomic E-state index is 15.0. The number of ether oxygens (including phenoxy) is 3. The molecule has 1 aromatic heterocycles. The number of rotatable bonds is 5.